The Labute approximate surface area is 155 Å². The molecule has 1 fully saturated rings. The number of nitrogens with two attached hydrogens (primary N) is 1. The van der Waals surface area contributed by atoms with Crippen molar-refractivity contribution in [2.75, 3.05) is 14.2 Å². The third-order valence-electron chi connectivity index (χ3n) is 5.49. The molecule has 2 bridgehead atoms. The zero-order valence-electron chi connectivity index (χ0n) is 16.3. The van der Waals surface area contributed by atoms with Crippen LogP contribution in [0.2, 0.25) is 0 Å². The number of ether oxygens (including phenoxy) is 3. The Morgan fingerprint density at radius 3 is 2.04 bits per heavy atom. The second kappa shape index (κ2) is 6.31. The van der Waals surface area contributed by atoms with Gasteiger partial charge in [-0.15, -0.1) is 0 Å². The lowest BCUT2D eigenvalue weighted by Gasteiger charge is -2.50. The van der Waals surface area contributed by atoms with Gasteiger partial charge in [0.1, 0.15) is 17.1 Å². The highest BCUT2D eigenvalue weighted by atomic mass is 16.6. The number of esters is 1. The van der Waals surface area contributed by atoms with Crippen LogP contribution >= 0.6 is 0 Å². The molecule has 1 saturated carbocycles. The van der Waals surface area contributed by atoms with E-state index in [1.54, 1.807) is 14.2 Å². The quantitative estimate of drug-likeness (QED) is 0.830. The van der Waals surface area contributed by atoms with Crippen LogP contribution in [-0.2, 0) is 9.53 Å². The van der Waals surface area contributed by atoms with Gasteiger partial charge in [0, 0.05) is 5.54 Å². The third kappa shape index (κ3) is 3.09. The van der Waals surface area contributed by atoms with Crippen molar-refractivity contribution in [3.63, 3.8) is 0 Å². The number of carbonyl (C=O) groups is 1. The topological polar surface area (TPSA) is 70.8 Å². The van der Waals surface area contributed by atoms with Crippen LogP contribution in [0.1, 0.15) is 52.0 Å². The number of benzene rings is 1. The van der Waals surface area contributed by atoms with Crippen LogP contribution in [0, 0.1) is 5.41 Å². The number of methoxy groups -OCH3 is 2. The van der Waals surface area contributed by atoms with E-state index >= 15 is 0 Å². The van der Waals surface area contributed by atoms with Crippen molar-refractivity contribution in [2.24, 2.45) is 11.1 Å². The molecule has 0 spiro atoms. The molecule has 0 atom stereocenters. The van der Waals surface area contributed by atoms with E-state index in [2.05, 4.69) is 0 Å². The molecule has 0 unspecified atom stereocenters. The maximum Gasteiger partial charge on any atom is 0.316 e. The standard InChI is InChI=1S/C21H29NO4/c1-19(2,3)26-18(23)20-9-11-21(22,12-10-20)14(13-20)17-15(24-4)7-6-8-16(17)25-5/h6-8,13H,9-12,22H2,1-5H3. The minimum Gasteiger partial charge on any atom is -0.496 e. The van der Waals surface area contributed by atoms with E-state index in [4.69, 9.17) is 19.9 Å². The summed E-state index contributed by atoms with van der Waals surface area (Å²) in [5.74, 6) is 1.23. The van der Waals surface area contributed by atoms with Gasteiger partial charge in [0.05, 0.1) is 25.2 Å². The van der Waals surface area contributed by atoms with Crippen LogP contribution in [-0.4, -0.2) is 31.3 Å². The molecule has 3 aliphatic carbocycles. The van der Waals surface area contributed by atoms with Gasteiger partial charge in [0.25, 0.3) is 0 Å². The fourth-order valence-corrected chi connectivity index (χ4v) is 4.06. The van der Waals surface area contributed by atoms with Gasteiger partial charge < -0.3 is 19.9 Å². The van der Waals surface area contributed by atoms with Crippen LogP contribution in [0.5, 0.6) is 11.5 Å². The normalized spacial score (nSPS) is 27.7. The van der Waals surface area contributed by atoms with Gasteiger partial charge in [0.2, 0.25) is 0 Å². The molecule has 5 heteroatoms. The first kappa shape index (κ1) is 18.8. The summed E-state index contributed by atoms with van der Waals surface area (Å²) in [6.45, 7) is 5.69. The molecule has 1 aromatic rings. The van der Waals surface area contributed by atoms with E-state index in [1.165, 1.54) is 0 Å². The van der Waals surface area contributed by atoms with Gasteiger partial charge in [-0.2, -0.15) is 0 Å². The summed E-state index contributed by atoms with van der Waals surface area (Å²) in [7, 11) is 3.26. The van der Waals surface area contributed by atoms with Gasteiger partial charge in [-0.3, -0.25) is 4.79 Å². The molecular weight excluding hydrogens is 330 g/mol. The predicted molar refractivity (Wildman–Crippen MR) is 101 cm³/mol. The summed E-state index contributed by atoms with van der Waals surface area (Å²) in [5, 5.41) is 0. The SMILES string of the molecule is COc1cccc(OC)c1C1=CC2(C(=O)OC(C)(C)C)CCC1(N)CC2. The fraction of sp³-hybridized carbons (Fsp3) is 0.571. The number of hydrogen-bond acceptors (Lipinski definition) is 5. The van der Waals surface area contributed by atoms with Crippen LogP contribution in [0.15, 0.2) is 24.3 Å². The molecule has 5 nitrogen and oxygen atoms in total. The molecule has 142 valence electrons. The minimum absolute atomic E-state index is 0.168. The highest BCUT2D eigenvalue weighted by Gasteiger charge is 2.53. The molecule has 0 aliphatic heterocycles. The lowest BCUT2D eigenvalue weighted by molar-refractivity contribution is -0.167. The Kier molecular flexibility index (Phi) is 4.55. The summed E-state index contributed by atoms with van der Waals surface area (Å²) < 4.78 is 16.9. The summed E-state index contributed by atoms with van der Waals surface area (Å²) >= 11 is 0. The molecule has 1 aromatic carbocycles. The van der Waals surface area contributed by atoms with E-state index < -0.39 is 16.6 Å². The van der Waals surface area contributed by atoms with Gasteiger partial charge in [-0.05, 0) is 64.2 Å². The van der Waals surface area contributed by atoms with Crippen molar-refractivity contribution in [3.8, 4) is 11.5 Å². The second-order valence-electron chi connectivity index (χ2n) is 8.41. The van der Waals surface area contributed by atoms with E-state index in [9.17, 15) is 4.79 Å². The van der Waals surface area contributed by atoms with Crippen molar-refractivity contribution in [2.45, 2.75) is 57.6 Å². The van der Waals surface area contributed by atoms with E-state index in [0.717, 1.165) is 24.0 Å². The van der Waals surface area contributed by atoms with Crippen molar-refractivity contribution in [1.29, 1.82) is 0 Å². The summed E-state index contributed by atoms with van der Waals surface area (Å²) in [6.07, 6.45) is 4.91. The number of carbonyl (C=O) groups excluding carboxylic acids is 1. The Morgan fingerprint density at radius 1 is 1.04 bits per heavy atom. The van der Waals surface area contributed by atoms with Crippen molar-refractivity contribution >= 4 is 11.5 Å². The number of hydrogen-bond donors (Lipinski definition) is 1. The van der Waals surface area contributed by atoms with Gasteiger partial charge >= 0.3 is 5.97 Å². The zero-order chi connectivity index (χ0) is 19.2. The van der Waals surface area contributed by atoms with Crippen molar-refractivity contribution in [3.05, 3.63) is 29.8 Å². The van der Waals surface area contributed by atoms with E-state index in [-0.39, 0.29) is 5.97 Å². The highest BCUT2D eigenvalue weighted by molar-refractivity contribution is 5.90. The van der Waals surface area contributed by atoms with Gasteiger partial charge in [0.15, 0.2) is 0 Å². The van der Waals surface area contributed by atoms with Crippen LogP contribution < -0.4 is 15.2 Å². The Morgan fingerprint density at radius 2 is 1.58 bits per heavy atom. The first-order chi connectivity index (χ1) is 12.1. The molecule has 0 saturated heterocycles. The highest BCUT2D eigenvalue weighted by Crippen LogP contribution is 2.56. The van der Waals surface area contributed by atoms with Gasteiger partial charge in [-0.25, -0.2) is 0 Å². The summed E-state index contributed by atoms with van der Waals surface area (Å²) in [5.41, 5.74) is 6.91. The number of fused-ring (bicyclic) bond motifs is 2. The first-order valence-electron chi connectivity index (χ1n) is 9.11. The first-order valence-corrected chi connectivity index (χ1v) is 9.11. The lowest BCUT2D eigenvalue weighted by atomic mass is 9.57. The predicted octanol–water partition coefficient (Wildman–Crippen LogP) is 3.70. The largest absolute Gasteiger partial charge is 0.496 e. The average molecular weight is 359 g/mol. The Hall–Kier alpha value is -2.01. The monoisotopic (exact) mass is 359 g/mol. The zero-order valence-corrected chi connectivity index (χ0v) is 16.3. The molecule has 3 aliphatic rings. The number of rotatable bonds is 4. The summed E-state index contributed by atoms with van der Waals surface area (Å²) in [4.78, 5) is 13.0. The van der Waals surface area contributed by atoms with Crippen LogP contribution in [0.4, 0.5) is 0 Å². The fourth-order valence-electron chi connectivity index (χ4n) is 4.06. The van der Waals surface area contributed by atoms with Crippen LogP contribution in [0.3, 0.4) is 0 Å². The minimum atomic E-state index is -0.629. The van der Waals surface area contributed by atoms with Crippen molar-refractivity contribution in [1.82, 2.24) is 0 Å². The molecule has 0 amide bonds. The van der Waals surface area contributed by atoms with Crippen molar-refractivity contribution < 1.29 is 19.0 Å². The van der Waals surface area contributed by atoms with E-state index in [0.29, 0.717) is 24.3 Å². The smallest absolute Gasteiger partial charge is 0.316 e. The molecule has 2 N–H and O–H groups in total. The average Bonchev–Trinajstić information content (AvgIpc) is 2.60. The molecule has 4 rings (SSSR count). The molecular formula is C21H29NO4. The maximum absolute atomic E-state index is 13.0. The van der Waals surface area contributed by atoms with Crippen LogP contribution in [0.25, 0.3) is 5.57 Å². The Bertz CT molecular complexity index is 715. The lowest BCUT2D eigenvalue weighted by Crippen LogP contribution is -2.54. The molecule has 0 radical (unpaired) electrons. The molecule has 0 heterocycles. The molecule has 26 heavy (non-hydrogen) atoms. The Balaban J connectivity index is 2.13. The molecule has 0 aromatic heterocycles. The van der Waals surface area contributed by atoms with Gasteiger partial charge in [-0.1, -0.05) is 12.1 Å². The maximum atomic E-state index is 13.0. The summed E-state index contributed by atoms with van der Waals surface area (Å²) in [6, 6.07) is 5.67. The van der Waals surface area contributed by atoms with E-state index in [1.807, 2.05) is 45.0 Å². The third-order valence-corrected chi connectivity index (χ3v) is 5.49. The second-order valence-corrected chi connectivity index (χ2v) is 8.41.